The summed E-state index contributed by atoms with van der Waals surface area (Å²) in [5.74, 6) is -0.632. The van der Waals surface area contributed by atoms with Crippen LogP contribution in [0.4, 0.5) is 13.2 Å². The number of nitrogens with one attached hydrogen (secondary N) is 2. The van der Waals surface area contributed by atoms with Gasteiger partial charge >= 0.3 is 6.18 Å². The van der Waals surface area contributed by atoms with E-state index >= 15 is 0 Å². The van der Waals surface area contributed by atoms with Gasteiger partial charge in [0.2, 0.25) is 5.91 Å². The second-order valence-electron chi connectivity index (χ2n) is 11.8. The van der Waals surface area contributed by atoms with Crippen molar-refractivity contribution >= 4 is 35.0 Å². The van der Waals surface area contributed by atoms with E-state index in [1.807, 2.05) is 29.2 Å². The second kappa shape index (κ2) is 15.0. The van der Waals surface area contributed by atoms with E-state index in [0.29, 0.717) is 23.1 Å². The van der Waals surface area contributed by atoms with E-state index in [0.717, 1.165) is 23.3 Å². The summed E-state index contributed by atoms with van der Waals surface area (Å²) in [6, 6.07) is 16.4. The van der Waals surface area contributed by atoms with Gasteiger partial charge in [0.15, 0.2) is 5.66 Å². The van der Waals surface area contributed by atoms with E-state index in [1.54, 1.807) is 43.1 Å². The molecule has 258 valence electrons. The molecule has 3 aromatic carbocycles. The number of benzene rings is 3. The first-order valence-corrected chi connectivity index (χ1v) is 16.4. The van der Waals surface area contributed by atoms with Crippen molar-refractivity contribution in [3.05, 3.63) is 99.0 Å². The van der Waals surface area contributed by atoms with Gasteiger partial charge < -0.3 is 19.6 Å². The summed E-state index contributed by atoms with van der Waals surface area (Å²) in [4.78, 5) is 32.5. The number of hydrogen-bond acceptors (Lipinski definition) is 7. The molecule has 48 heavy (non-hydrogen) atoms. The molecule has 2 aliphatic heterocycles. The molecule has 5 rings (SSSR count). The summed E-state index contributed by atoms with van der Waals surface area (Å²) in [5.41, 5.74) is -0.824. The van der Waals surface area contributed by atoms with Gasteiger partial charge in [-0.05, 0) is 54.4 Å². The van der Waals surface area contributed by atoms with Crippen LogP contribution < -0.4 is 15.4 Å². The van der Waals surface area contributed by atoms with Crippen LogP contribution in [0.15, 0.2) is 66.7 Å². The zero-order valence-corrected chi connectivity index (χ0v) is 28.1. The first-order chi connectivity index (χ1) is 22.9. The molecule has 2 atom stereocenters. The molecule has 0 aliphatic carbocycles. The quantitative estimate of drug-likeness (QED) is 0.278. The van der Waals surface area contributed by atoms with Crippen LogP contribution in [0.25, 0.3) is 0 Å². The molecule has 9 nitrogen and oxygen atoms in total. The Bertz CT molecular complexity index is 1530. The number of alkyl halides is 3. The number of nitrogens with zero attached hydrogens (tertiary/aromatic N) is 3. The number of likely N-dealkylation sites (N-methyl/N-ethyl adjacent to an activating group) is 1. The van der Waals surface area contributed by atoms with Crippen molar-refractivity contribution < 1.29 is 32.6 Å². The smallest absolute Gasteiger partial charge is 0.416 e. The molecule has 3 aromatic rings. The predicted molar refractivity (Wildman–Crippen MR) is 177 cm³/mol. The minimum atomic E-state index is -4.63. The van der Waals surface area contributed by atoms with Gasteiger partial charge in [-0.25, -0.2) is 0 Å². The van der Waals surface area contributed by atoms with Gasteiger partial charge in [0.05, 0.1) is 37.4 Å². The van der Waals surface area contributed by atoms with Gasteiger partial charge in [-0.2, -0.15) is 13.2 Å². The molecule has 0 bridgehead atoms. The summed E-state index contributed by atoms with van der Waals surface area (Å²) in [7, 11) is 1.62. The number of aliphatic hydroxyl groups is 1. The number of rotatable bonds is 10. The van der Waals surface area contributed by atoms with Crippen molar-refractivity contribution in [3.8, 4) is 5.75 Å². The first-order valence-electron chi connectivity index (χ1n) is 15.6. The Labute approximate surface area is 287 Å². The molecule has 3 N–H and O–H groups in total. The standard InChI is InChI=1S/C34H38Cl2F3N5O4/c1-3-48-28-20-24(34(37,38)39)8-13-27(28)33(32(47)44-16-14-43(15-17-44)21-29(46)42(2)18-19-45)40-30(22-4-9-25(35)10-5-22)31(41-33)23-6-11-26(36)12-7-23/h4-13,20,30-31,40-41,45H,3,14-19,21H2,1-2H3. The summed E-state index contributed by atoms with van der Waals surface area (Å²) >= 11 is 12.4. The SMILES string of the molecule is CCOc1cc(C(F)(F)F)ccc1C1(C(=O)N2CCN(CC(=O)N(C)CCO)CC2)NC(c2ccc(Cl)cc2)C(c2ccc(Cl)cc2)N1. The van der Waals surface area contributed by atoms with Crippen molar-refractivity contribution in [2.45, 2.75) is 30.8 Å². The molecule has 14 heteroatoms. The fourth-order valence-corrected chi connectivity index (χ4v) is 6.43. The van der Waals surface area contributed by atoms with Crippen LogP contribution >= 0.6 is 23.2 Å². The number of piperazine rings is 1. The zero-order chi connectivity index (χ0) is 34.6. The molecular formula is C34H38Cl2F3N5O4. The maximum atomic E-state index is 14.9. The van der Waals surface area contributed by atoms with Crippen molar-refractivity contribution in [1.29, 1.82) is 0 Å². The first kappa shape index (κ1) is 35.9. The van der Waals surface area contributed by atoms with E-state index in [-0.39, 0.29) is 56.6 Å². The van der Waals surface area contributed by atoms with Gasteiger partial charge in [-0.15, -0.1) is 0 Å². The molecule has 0 spiro atoms. The predicted octanol–water partition coefficient (Wildman–Crippen LogP) is 4.83. The fourth-order valence-electron chi connectivity index (χ4n) is 6.18. The second-order valence-corrected chi connectivity index (χ2v) is 12.7. The Morgan fingerprint density at radius 3 is 1.96 bits per heavy atom. The molecule has 0 saturated carbocycles. The topological polar surface area (TPSA) is 97.4 Å². The maximum Gasteiger partial charge on any atom is 0.416 e. The number of ether oxygens (including phenoxy) is 1. The van der Waals surface area contributed by atoms with E-state index in [2.05, 4.69) is 10.6 Å². The Balaban J connectivity index is 1.56. The summed E-state index contributed by atoms with van der Waals surface area (Å²) < 4.78 is 47.5. The lowest BCUT2D eigenvalue weighted by Gasteiger charge is -2.40. The van der Waals surface area contributed by atoms with Crippen LogP contribution in [0, 0.1) is 0 Å². The minimum absolute atomic E-state index is 0.0667. The van der Waals surface area contributed by atoms with Crippen molar-refractivity contribution in [2.24, 2.45) is 0 Å². The van der Waals surface area contributed by atoms with Crippen LogP contribution in [0.5, 0.6) is 5.75 Å². The highest BCUT2D eigenvalue weighted by Crippen LogP contribution is 2.46. The Hall–Kier alpha value is -3.39. The monoisotopic (exact) mass is 707 g/mol. The number of carbonyl (C=O) groups excluding carboxylic acids is 2. The summed E-state index contributed by atoms with van der Waals surface area (Å²) in [6.07, 6.45) is -4.63. The zero-order valence-electron chi connectivity index (χ0n) is 26.6. The van der Waals surface area contributed by atoms with E-state index in [9.17, 15) is 27.9 Å². The van der Waals surface area contributed by atoms with Crippen molar-refractivity contribution in [2.75, 3.05) is 59.5 Å². The van der Waals surface area contributed by atoms with E-state index < -0.39 is 35.4 Å². The molecule has 2 fully saturated rings. The third-order valence-corrected chi connectivity index (χ3v) is 9.25. The summed E-state index contributed by atoms with van der Waals surface area (Å²) in [5, 5.41) is 17.2. The van der Waals surface area contributed by atoms with Crippen LogP contribution in [0.2, 0.25) is 10.0 Å². The number of aliphatic hydroxyl groups excluding tert-OH is 1. The summed E-state index contributed by atoms with van der Waals surface area (Å²) in [6.45, 7) is 3.26. The lowest BCUT2D eigenvalue weighted by molar-refractivity contribution is -0.142. The largest absolute Gasteiger partial charge is 0.493 e. The third-order valence-electron chi connectivity index (χ3n) is 8.75. The number of amides is 2. The molecule has 2 amide bonds. The fraction of sp³-hybridized carbons (Fsp3) is 0.412. The van der Waals surface area contributed by atoms with Crippen molar-refractivity contribution in [3.63, 3.8) is 0 Å². The highest BCUT2D eigenvalue weighted by molar-refractivity contribution is 6.30. The Morgan fingerprint density at radius 2 is 1.48 bits per heavy atom. The van der Waals surface area contributed by atoms with Crippen molar-refractivity contribution in [1.82, 2.24) is 25.3 Å². The molecule has 2 saturated heterocycles. The van der Waals surface area contributed by atoms with Crippen LogP contribution in [-0.2, 0) is 21.4 Å². The Morgan fingerprint density at radius 1 is 0.938 bits per heavy atom. The van der Waals surface area contributed by atoms with E-state index in [4.69, 9.17) is 27.9 Å². The van der Waals surface area contributed by atoms with Gasteiger partial charge in [0.1, 0.15) is 5.75 Å². The van der Waals surface area contributed by atoms with Gasteiger partial charge in [-0.3, -0.25) is 25.1 Å². The minimum Gasteiger partial charge on any atom is -0.493 e. The highest BCUT2D eigenvalue weighted by atomic mass is 35.5. The lowest BCUT2D eigenvalue weighted by atomic mass is 9.94. The molecule has 2 heterocycles. The third kappa shape index (κ3) is 7.74. The molecule has 2 aliphatic rings. The molecule has 0 aromatic heterocycles. The van der Waals surface area contributed by atoms with Crippen LogP contribution in [-0.4, -0.2) is 91.2 Å². The number of carbonyl (C=O) groups is 2. The lowest BCUT2D eigenvalue weighted by Crippen LogP contribution is -2.62. The van der Waals surface area contributed by atoms with Crippen LogP contribution in [0.3, 0.4) is 0 Å². The number of halogens is 5. The highest BCUT2D eigenvalue weighted by Gasteiger charge is 2.55. The maximum absolute atomic E-state index is 14.9. The average Bonchev–Trinajstić information content (AvgIpc) is 3.47. The molecule has 0 radical (unpaired) electrons. The van der Waals surface area contributed by atoms with Crippen LogP contribution in [0.1, 0.15) is 41.3 Å². The Kier molecular flexibility index (Phi) is 11.2. The normalized spacial score (nSPS) is 21.7. The van der Waals surface area contributed by atoms with Gasteiger partial charge in [0.25, 0.3) is 5.91 Å². The molecular weight excluding hydrogens is 670 g/mol. The van der Waals surface area contributed by atoms with Gasteiger partial charge in [-0.1, -0.05) is 53.5 Å². The van der Waals surface area contributed by atoms with E-state index in [1.165, 1.54) is 11.0 Å². The molecule has 2 unspecified atom stereocenters. The average molecular weight is 709 g/mol. The number of hydrogen-bond donors (Lipinski definition) is 3. The van der Waals surface area contributed by atoms with Gasteiger partial charge in [0, 0.05) is 55.4 Å².